The fourth-order valence-electron chi connectivity index (χ4n) is 4.46. The van der Waals surface area contributed by atoms with Gasteiger partial charge in [0.15, 0.2) is 0 Å². The van der Waals surface area contributed by atoms with E-state index in [0.29, 0.717) is 12.8 Å². The van der Waals surface area contributed by atoms with Crippen LogP contribution in [0.4, 0.5) is 4.79 Å². The van der Waals surface area contributed by atoms with E-state index in [1.54, 1.807) is 0 Å². The molecular weight excluding hydrogens is 493 g/mol. The second kappa shape index (κ2) is 10.8. The molecule has 4 atom stereocenters. The molecule has 0 radical (unpaired) electrons. The van der Waals surface area contributed by atoms with Gasteiger partial charge in [-0.05, 0) is 0 Å². The van der Waals surface area contributed by atoms with Crippen molar-refractivity contribution in [2.45, 2.75) is 65.7 Å². The van der Waals surface area contributed by atoms with Gasteiger partial charge >= 0.3 is 218 Å². The summed E-state index contributed by atoms with van der Waals surface area (Å²) in [6, 6.07) is 17.4. The Bertz CT molecular complexity index is 1050. The van der Waals surface area contributed by atoms with Crippen LogP contribution in [0, 0.1) is 11.8 Å². The first-order valence-electron chi connectivity index (χ1n) is 12.8. The summed E-state index contributed by atoms with van der Waals surface area (Å²) < 4.78 is 17.7. The van der Waals surface area contributed by atoms with Gasteiger partial charge in [0.2, 0.25) is 0 Å². The van der Waals surface area contributed by atoms with Crippen molar-refractivity contribution in [1.29, 1.82) is 0 Å². The van der Waals surface area contributed by atoms with E-state index in [0.717, 1.165) is 11.1 Å². The van der Waals surface area contributed by atoms with Gasteiger partial charge in [-0.1, -0.05) is 0 Å². The van der Waals surface area contributed by atoms with Gasteiger partial charge in [-0.15, -0.1) is 0 Å². The molecular formula is C27H36N3O6P. The molecule has 200 valence electrons. The maximum atomic E-state index is 13.8. The minimum absolute atomic E-state index is 0.138. The SMILES string of the molecule is CCC(C)C1NP2(OC(=O)N(Cc3ccccc3)Cc3ccccc3)(NC(C(C)CC)C(=O)O2)OC1=O. The Morgan fingerprint density at radius 1 is 0.838 bits per heavy atom. The van der Waals surface area contributed by atoms with Gasteiger partial charge in [0.1, 0.15) is 0 Å². The molecule has 0 saturated carbocycles. The normalized spacial score (nSPS) is 24.4. The van der Waals surface area contributed by atoms with Gasteiger partial charge in [-0.3, -0.25) is 0 Å². The predicted octanol–water partition coefficient (Wildman–Crippen LogP) is 5.08. The predicted molar refractivity (Wildman–Crippen MR) is 140 cm³/mol. The average molecular weight is 530 g/mol. The molecule has 2 aromatic carbocycles. The number of nitrogens with zero attached hydrogens (tertiary/aromatic N) is 1. The fraction of sp³-hybridized carbons (Fsp3) is 0.444. The van der Waals surface area contributed by atoms with E-state index in [4.69, 9.17) is 13.6 Å². The first-order valence-corrected chi connectivity index (χ1v) is 14.8. The molecule has 37 heavy (non-hydrogen) atoms. The molecule has 0 aliphatic carbocycles. The van der Waals surface area contributed by atoms with Crippen LogP contribution in [-0.4, -0.2) is 35.0 Å². The Hall–Kier alpha value is -3.00. The summed E-state index contributed by atoms with van der Waals surface area (Å²) >= 11 is 0. The van der Waals surface area contributed by atoms with Crippen LogP contribution in [0.15, 0.2) is 60.7 Å². The third kappa shape index (κ3) is 5.64. The fourth-order valence-corrected chi connectivity index (χ4v) is 7.92. The number of nitrogens with one attached hydrogen (secondary N) is 2. The van der Waals surface area contributed by atoms with Crippen LogP contribution in [-0.2, 0) is 36.2 Å². The quantitative estimate of drug-likeness (QED) is 0.434. The van der Waals surface area contributed by atoms with Crippen LogP contribution in [0.2, 0.25) is 0 Å². The zero-order chi connectivity index (χ0) is 26.7. The summed E-state index contributed by atoms with van der Waals surface area (Å²) in [6.45, 7) is 8.16. The molecule has 2 fully saturated rings. The van der Waals surface area contributed by atoms with E-state index < -0.39 is 37.7 Å². The summed E-state index contributed by atoms with van der Waals surface area (Å²) in [5.74, 6) is -1.49. The van der Waals surface area contributed by atoms with Crippen molar-refractivity contribution in [1.82, 2.24) is 15.1 Å². The van der Waals surface area contributed by atoms with Crippen LogP contribution < -0.4 is 10.2 Å². The van der Waals surface area contributed by atoms with Crippen molar-refractivity contribution in [2.24, 2.45) is 11.8 Å². The number of carbonyl (C=O) groups is 3. The van der Waals surface area contributed by atoms with Crippen molar-refractivity contribution in [2.75, 3.05) is 0 Å². The van der Waals surface area contributed by atoms with Gasteiger partial charge in [0, 0.05) is 0 Å². The van der Waals surface area contributed by atoms with Gasteiger partial charge in [-0.25, -0.2) is 0 Å². The Kier molecular flexibility index (Phi) is 7.88. The molecule has 10 heteroatoms. The molecule has 9 nitrogen and oxygen atoms in total. The number of rotatable bonds is 9. The molecule has 2 heterocycles. The molecule has 2 aliphatic heterocycles. The summed E-state index contributed by atoms with van der Waals surface area (Å²) in [4.78, 5) is 41.4. The molecule has 4 rings (SSSR count). The molecule has 0 aromatic heterocycles. The van der Waals surface area contributed by atoms with Crippen LogP contribution in [0.1, 0.15) is 51.7 Å². The van der Waals surface area contributed by atoms with Crippen molar-refractivity contribution in [3.63, 3.8) is 0 Å². The number of hydrogen-bond donors (Lipinski definition) is 2. The maximum absolute atomic E-state index is 13.8. The van der Waals surface area contributed by atoms with Crippen molar-refractivity contribution in [3.8, 4) is 0 Å². The van der Waals surface area contributed by atoms with Gasteiger partial charge in [-0.2, -0.15) is 0 Å². The molecule has 2 aromatic rings. The monoisotopic (exact) mass is 529 g/mol. The molecule has 2 N–H and O–H groups in total. The van der Waals surface area contributed by atoms with Crippen molar-refractivity contribution >= 4 is 25.6 Å². The second-order valence-electron chi connectivity index (χ2n) is 9.87. The van der Waals surface area contributed by atoms with Crippen LogP contribution in [0.25, 0.3) is 0 Å². The Labute approximate surface area is 218 Å². The summed E-state index contributed by atoms with van der Waals surface area (Å²) in [7, 11) is -4.89. The third-order valence-electron chi connectivity index (χ3n) is 7.10. The van der Waals surface area contributed by atoms with E-state index in [1.165, 1.54) is 4.90 Å². The van der Waals surface area contributed by atoms with E-state index in [-0.39, 0.29) is 24.9 Å². The Balaban J connectivity index is 1.69. The first-order chi connectivity index (χ1) is 17.7. The average Bonchev–Trinajstić information content (AvgIpc) is 3.35. The Morgan fingerprint density at radius 2 is 1.24 bits per heavy atom. The first kappa shape index (κ1) is 27.0. The summed E-state index contributed by atoms with van der Waals surface area (Å²) in [6.07, 6.45) is 0.578. The number of carbonyl (C=O) groups excluding carboxylic acids is 3. The molecule has 2 saturated heterocycles. The van der Waals surface area contributed by atoms with Gasteiger partial charge in [0.05, 0.1) is 0 Å². The summed E-state index contributed by atoms with van der Waals surface area (Å²) in [5.41, 5.74) is 1.79. The van der Waals surface area contributed by atoms with E-state index in [1.807, 2.05) is 88.4 Å². The van der Waals surface area contributed by atoms with E-state index >= 15 is 0 Å². The van der Waals surface area contributed by atoms with E-state index in [9.17, 15) is 14.4 Å². The Morgan fingerprint density at radius 3 is 1.62 bits per heavy atom. The molecule has 0 bridgehead atoms. The van der Waals surface area contributed by atoms with Crippen molar-refractivity contribution < 1.29 is 28.0 Å². The number of hydrogen-bond acceptors (Lipinski definition) is 8. The standard InChI is InChI=1S/C27H36N3O6P/c1-5-19(3)23-25(31)34-37(28-23,29-24(20(4)6-2)26(32)35-37)36-27(33)30(17-21-13-9-7-10-14-21)18-22-15-11-8-12-16-22/h7-16,19-20,23-24,28-29H,5-6,17-18H2,1-4H3. The van der Waals surface area contributed by atoms with Crippen LogP contribution in [0.3, 0.4) is 0 Å². The number of amides is 1. The van der Waals surface area contributed by atoms with Crippen molar-refractivity contribution in [3.05, 3.63) is 71.8 Å². The molecule has 4 unspecified atom stereocenters. The zero-order valence-electron chi connectivity index (χ0n) is 21.8. The van der Waals surface area contributed by atoms with Gasteiger partial charge < -0.3 is 0 Å². The molecule has 1 amide bonds. The van der Waals surface area contributed by atoms with Crippen LogP contribution >= 0.6 is 7.59 Å². The van der Waals surface area contributed by atoms with Crippen LogP contribution in [0.5, 0.6) is 0 Å². The minimum atomic E-state index is -4.89. The third-order valence-corrected chi connectivity index (χ3v) is 10.1. The van der Waals surface area contributed by atoms with E-state index in [2.05, 4.69) is 10.2 Å². The topological polar surface area (TPSA) is 106 Å². The molecule has 2 aliphatic rings. The molecule has 1 spiro atoms. The zero-order valence-corrected chi connectivity index (χ0v) is 22.6. The number of benzene rings is 2. The second-order valence-corrected chi connectivity index (χ2v) is 12.7. The summed E-state index contributed by atoms with van der Waals surface area (Å²) in [5, 5.41) is 6.14. The van der Waals surface area contributed by atoms with Gasteiger partial charge in [0.25, 0.3) is 0 Å².